The van der Waals surface area contributed by atoms with E-state index in [9.17, 15) is 9.59 Å². The molecule has 2 aliphatic rings. The first-order valence-corrected chi connectivity index (χ1v) is 8.93. The molecular formula is C17H18N4O2S. The van der Waals surface area contributed by atoms with Crippen LogP contribution < -0.4 is 0 Å². The molecule has 2 aromatic rings. The van der Waals surface area contributed by atoms with Crippen molar-refractivity contribution in [1.29, 1.82) is 0 Å². The zero-order valence-electron chi connectivity index (χ0n) is 13.4. The molecule has 0 radical (unpaired) electrons. The number of hydrogen-bond acceptors (Lipinski definition) is 5. The van der Waals surface area contributed by atoms with Gasteiger partial charge in [0.05, 0.1) is 29.3 Å². The van der Waals surface area contributed by atoms with Gasteiger partial charge in [-0.25, -0.2) is 4.98 Å². The molecule has 2 amide bonds. The summed E-state index contributed by atoms with van der Waals surface area (Å²) in [5.74, 6) is 0.104. The number of aromatic nitrogens is 2. The van der Waals surface area contributed by atoms with Gasteiger partial charge in [0.2, 0.25) is 5.91 Å². The van der Waals surface area contributed by atoms with E-state index in [1.165, 1.54) is 0 Å². The molecule has 7 heteroatoms. The summed E-state index contributed by atoms with van der Waals surface area (Å²) in [4.78, 5) is 37.3. The van der Waals surface area contributed by atoms with E-state index in [1.807, 2.05) is 22.1 Å². The molecule has 0 spiro atoms. The van der Waals surface area contributed by atoms with Gasteiger partial charge in [0.15, 0.2) is 0 Å². The minimum absolute atomic E-state index is 0.0101. The number of carbonyl (C=O) groups excluding carboxylic acids is 2. The predicted molar refractivity (Wildman–Crippen MR) is 89.5 cm³/mol. The van der Waals surface area contributed by atoms with Gasteiger partial charge in [-0.15, -0.1) is 11.3 Å². The molecule has 4 rings (SSSR count). The number of thiazole rings is 1. The quantitative estimate of drug-likeness (QED) is 0.854. The molecule has 2 atom stereocenters. The highest BCUT2D eigenvalue weighted by Crippen LogP contribution is 2.34. The highest BCUT2D eigenvalue weighted by molar-refractivity contribution is 7.09. The van der Waals surface area contributed by atoms with E-state index in [0.717, 1.165) is 17.1 Å². The molecule has 2 saturated heterocycles. The normalized spacial score (nSPS) is 23.0. The largest absolute Gasteiger partial charge is 0.333 e. The van der Waals surface area contributed by atoms with Crippen LogP contribution in [0.25, 0.3) is 0 Å². The molecule has 24 heavy (non-hydrogen) atoms. The number of aryl methyl sites for hydroxylation is 1. The van der Waals surface area contributed by atoms with Crippen molar-refractivity contribution in [1.82, 2.24) is 19.8 Å². The molecule has 0 N–H and O–H groups in total. The first-order valence-electron chi connectivity index (χ1n) is 8.05. The SMILES string of the molecule is Cc1nc(CN2C(=O)C[C@@H]3[C@@H]2CCN3C(=O)c2ccncc2)cs1. The standard InChI is InChI=1S/C17H18N4O2S/c1-11-19-13(10-24-11)9-21-14-4-7-20(15(14)8-16(21)22)17(23)12-2-5-18-6-3-12/h2-3,5-6,10,14-15H,4,7-9H2,1H3/t14-,15+/m0/s1. The number of likely N-dealkylation sites (tertiary alicyclic amines) is 2. The van der Waals surface area contributed by atoms with Crippen LogP contribution >= 0.6 is 11.3 Å². The lowest BCUT2D eigenvalue weighted by molar-refractivity contribution is -0.129. The highest BCUT2D eigenvalue weighted by Gasteiger charge is 2.48. The molecule has 0 saturated carbocycles. The van der Waals surface area contributed by atoms with E-state index < -0.39 is 0 Å². The van der Waals surface area contributed by atoms with E-state index in [1.54, 1.807) is 35.9 Å². The fourth-order valence-electron chi connectivity index (χ4n) is 3.70. The Morgan fingerprint density at radius 1 is 1.33 bits per heavy atom. The van der Waals surface area contributed by atoms with Crippen LogP contribution in [-0.2, 0) is 11.3 Å². The first kappa shape index (κ1) is 15.3. The van der Waals surface area contributed by atoms with Gasteiger partial charge in [-0.1, -0.05) is 0 Å². The first-order chi connectivity index (χ1) is 11.6. The molecule has 0 aliphatic carbocycles. The zero-order chi connectivity index (χ0) is 16.7. The van der Waals surface area contributed by atoms with Crippen LogP contribution in [0.2, 0.25) is 0 Å². The van der Waals surface area contributed by atoms with Crippen molar-refractivity contribution in [2.75, 3.05) is 6.54 Å². The molecule has 2 aliphatic heterocycles. The van der Waals surface area contributed by atoms with Gasteiger partial charge in [-0.05, 0) is 25.5 Å². The number of rotatable bonds is 3. The Hall–Kier alpha value is -2.28. The van der Waals surface area contributed by atoms with Crippen LogP contribution in [0.1, 0.15) is 33.9 Å². The number of amides is 2. The monoisotopic (exact) mass is 342 g/mol. The summed E-state index contributed by atoms with van der Waals surface area (Å²) in [6.45, 7) is 3.20. The van der Waals surface area contributed by atoms with Crippen LogP contribution in [0.4, 0.5) is 0 Å². The van der Waals surface area contributed by atoms with Crippen LogP contribution in [-0.4, -0.2) is 50.2 Å². The summed E-state index contributed by atoms with van der Waals surface area (Å²) in [6, 6.07) is 3.52. The van der Waals surface area contributed by atoms with Gasteiger partial charge < -0.3 is 9.80 Å². The lowest BCUT2D eigenvalue weighted by Crippen LogP contribution is -2.39. The summed E-state index contributed by atoms with van der Waals surface area (Å²) >= 11 is 1.60. The van der Waals surface area contributed by atoms with Gasteiger partial charge in [0.25, 0.3) is 5.91 Å². The Balaban J connectivity index is 1.52. The van der Waals surface area contributed by atoms with E-state index >= 15 is 0 Å². The lowest BCUT2D eigenvalue weighted by Gasteiger charge is -2.25. The molecule has 0 aromatic carbocycles. The number of carbonyl (C=O) groups is 2. The van der Waals surface area contributed by atoms with Gasteiger partial charge >= 0.3 is 0 Å². The molecule has 2 fully saturated rings. The van der Waals surface area contributed by atoms with Crippen molar-refractivity contribution in [3.05, 3.63) is 46.2 Å². The van der Waals surface area contributed by atoms with Gasteiger partial charge in [-0.3, -0.25) is 14.6 Å². The van der Waals surface area contributed by atoms with Crippen molar-refractivity contribution < 1.29 is 9.59 Å². The second-order valence-corrected chi connectivity index (χ2v) is 7.30. The molecule has 6 nitrogen and oxygen atoms in total. The second kappa shape index (κ2) is 5.98. The second-order valence-electron chi connectivity index (χ2n) is 6.24. The molecule has 0 bridgehead atoms. The number of fused-ring (bicyclic) bond motifs is 1. The minimum atomic E-state index is -0.0297. The average molecular weight is 342 g/mol. The Morgan fingerprint density at radius 2 is 2.12 bits per heavy atom. The minimum Gasteiger partial charge on any atom is -0.333 e. The number of pyridine rings is 1. The summed E-state index contributed by atoms with van der Waals surface area (Å²) in [5.41, 5.74) is 1.57. The van der Waals surface area contributed by atoms with Crippen LogP contribution in [0.15, 0.2) is 29.9 Å². The van der Waals surface area contributed by atoms with E-state index in [2.05, 4.69) is 9.97 Å². The van der Waals surface area contributed by atoms with Gasteiger partial charge in [-0.2, -0.15) is 0 Å². The molecular weight excluding hydrogens is 324 g/mol. The fraction of sp³-hybridized carbons (Fsp3) is 0.412. The molecule has 0 unspecified atom stereocenters. The lowest BCUT2D eigenvalue weighted by atomic mass is 10.1. The number of nitrogens with zero attached hydrogens (tertiary/aromatic N) is 4. The summed E-state index contributed by atoms with van der Waals surface area (Å²) in [5, 5.41) is 3.01. The van der Waals surface area contributed by atoms with Crippen molar-refractivity contribution in [3.63, 3.8) is 0 Å². The maximum atomic E-state index is 12.7. The van der Waals surface area contributed by atoms with E-state index in [4.69, 9.17) is 0 Å². The Bertz CT molecular complexity index is 776. The third kappa shape index (κ3) is 2.58. The van der Waals surface area contributed by atoms with Crippen LogP contribution in [0.5, 0.6) is 0 Å². The van der Waals surface area contributed by atoms with Gasteiger partial charge in [0.1, 0.15) is 0 Å². The van der Waals surface area contributed by atoms with Crippen LogP contribution in [0, 0.1) is 6.92 Å². The van der Waals surface area contributed by atoms with Crippen molar-refractivity contribution in [2.24, 2.45) is 0 Å². The molecule has 4 heterocycles. The topological polar surface area (TPSA) is 66.4 Å². The molecule has 2 aromatic heterocycles. The summed E-state index contributed by atoms with van der Waals surface area (Å²) in [6.07, 6.45) is 4.48. The Morgan fingerprint density at radius 3 is 2.83 bits per heavy atom. The third-order valence-electron chi connectivity index (χ3n) is 4.80. The zero-order valence-corrected chi connectivity index (χ0v) is 14.2. The Labute approximate surface area is 144 Å². The Kier molecular flexibility index (Phi) is 3.80. The average Bonchev–Trinajstić information content (AvgIpc) is 3.26. The van der Waals surface area contributed by atoms with E-state index in [-0.39, 0.29) is 23.9 Å². The number of hydrogen-bond donors (Lipinski definition) is 0. The highest BCUT2D eigenvalue weighted by atomic mass is 32.1. The fourth-order valence-corrected chi connectivity index (χ4v) is 4.31. The summed E-state index contributed by atoms with van der Waals surface area (Å²) in [7, 11) is 0. The van der Waals surface area contributed by atoms with Crippen molar-refractivity contribution in [3.8, 4) is 0 Å². The van der Waals surface area contributed by atoms with Crippen molar-refractivity contribution in [2.45, 2.75) is 38.4 Å². The summed E-state index contributed by atoms with van der Waals surface area (Å²) < 4.78 is 0. The van der Waals surface area contributed by atoms with Crippen molar-refractivity contribution >= 4 is 23.2 Å². The van der Waals surface area contributed by atoms with E-state index in [0.29, 0.717) is 25.1 Å². The molecule has 124 valence electrons. The predicted octanol–water partition coefficient (Wildman–Crippen LogP) is 1.86. The maximum Gasteiger partial charge on any atom is 0.254 e. The van der Waals surface area contributed by atoms with Crippen LogP contribution in [0.3, 0.4) is 0 Å². The smallest absolute Gasteiger partial charge is 0.254 e. The third-order valence-corrected chi connectivity index (χ3v) is 5.62. The maximum absolute atomic E-state index is 12.7. The van der Waals surface area contributed by atoms with Gasteiger partial charge in [0, 0.05) is 36.3 Å².